The zero-order chi connectivity index (χ0) is 42.6. The second-order valence-corrected chi connectivity index (χ2v) is 16.7. The molecule has 0 aliphatic carbocycles. The molecule has 3 aromatic heterocycles. The third kappa shape index (κ3) is 9.26. The van der Waals surface area contributed by atoms with Crippen molar-refractivity contribution in [2.75, 3.05) is 56.1 Å². The molecule has 13 nitrogen and oxygen atoms in total. The molecule has 3 aromatic carbocycles. The Morgan fingerprint density at radius 2 is 1.73 bits per heavy atom. The number of carbonyl (C=O) groups is 2. The van der Waals surface area contributed by atoms with E-state index < -0.39 is 0 Å². The summed E-state index contributed by atoms with van der Waals surface area (Å²) in [5.41, 5.74) is 11.7. The Hall–Kier alpha value is -6.34. The highest BCUT2D eigenvalue weighted by molar-refractivity contribution is 5.94. The molecular formula is C47H56N10O3. The number of pyridine rings is 1. The average Bonchev–Trinajstić information content (AvgIpc) is 3.92. The predicted octanol–water partition coefficient (Wildman–Crippen LogP) is 8.01. The third-order valence-electron chi connectivity index (χ3n) is 11.3. The third-order valence-corrected chi connectivity index (χ3v) is 11.3. The number of rotatable bonds is 14. The van der Waals surface area contributed by atoms with Crippen LogP contribution in [0, 0.1) is 13.8 Å². The van der Waals surface area contributed by atoms with Crippen molar-refractivity contribution >= 4 is 40.4 Å². The maximum atomic E-state index is 12.5. The molecule has 1 atom stereocenters. The summed E-state index contributed by atoms with van der Waals surface area (Å²) in [7, 11) is 1.61. The Balaban J connectivity index is 0.951. The van der Waals surface area contributed by atoms with E-state index in [-0.39, 0.29) is 17.5 Å². The normalized spacial score (nSPS) is 13.9. The Morgan fingerprint density at radius 3 is 2.40 bits per heavy atom. The fourth-order valence-corrected chi connectivity index (χ4v) is 7.85. The Bertz CT molecular complexity index is 2470. The number of nitrogens with one attached hydrogen (secondary N) is 3. The van der Waals surface area contributed by atoms with E-state index in [1.54, 1.807) is 11.9 Å². The number of fused-ring (bicyclic) bond motifs is 1. The molecule has 3 N–H and O–H groups in total. The van der Waals surface area contributed by atoms with E-state index in [2.05, 4.69) is 122 Å². The van der Waals surface area contributed by atoms with E-state index in [0.717, 1.165) is 101 Å². The van der Waals surface area contributed by atoms with Crippen molar-refractivity contribution < 1.29 is 14.1 Å². The van der Waals surface area contributed by atoms with Crippen molar-refractivity contribution in [2.45, 2.75) is 65.8 Å². The number of H-pyrrole nitrogens is 1. The summed E-state index contributed by atoms with van der Waals surface area (Å²) in [4.78, 5) is 39.3. The maximum absolute atomic E-state index is 12.5. The first kappa shape index (κ1) is 41.8. The van der Waals surface area contributed by atoms with Crippen LogP contribution in [-0.2, 0) is 16.6 Å². The zero-order valence-electron chi connectivity index (χ0n) is 35.8. The largest absolute Gasteiger partial charge is 0.376 e. The topological polar surface area (TPSA) is 148 Å². The van der Waals surface area contributed by atoms with Crippen LogP contribution in [0.4, 0.5) is 16.2 Å². The summed E-state index contributed by atoms with van der Waals surface area (Å²) in [6.45, 7) is 21.7. The number of aromatic amines is 1. The first-order chi connectivity index (χ1) is 28.8. The van der Waals surface area contributed by atoms with Gasteiger partial charge < -0.3 is 24.9 Å². The standard InChI is InChI=1S/C47H56N10O3/c1-30-27-36(13-16-39(30)32(3)50-33(4)43-51-45(60-54-43)47(5,6)7)42-40-28-37(29-49-44(40)53-52-42)35-11-14-38(15-12-35)56-23-21-55(22-24-56)20-18-34-10-17-41(31(2)26-34)57(19-9-25-58)46(59)48-8/h10-17,25-29,32,50H,4,9,18-24H2,1-3,5-8H3,(H,48,59)(H,49,52,53)/t32-/m1/s1. The van der Waals surface area contributed by atoms with Crippen LogP contribution in [0.15, 0.2) is 84.0 Å². The minimum atomic E-state index is -0.237. The number of carbonyl (C=O) groups excluding carboxylic acids is 2. The number of benzene rings is 3. The van der Waals surface area contributed by atoms with Crippen LogP contribution in [0.5, 0.6) is 0 Å². The minimum absolute atomic E-state index is 0.0317. The van der Waals surface area contributed by atoms with Gasteiger partial charge in [-0.1, -0.05) is 68.9 Å². The highest BCUT2D eigenvalue weighted by Crippen LogP contribution is 2.33. The van der Waals surface area contributed by atoms with Crippen LogP contribution >= 0.6 is 0 Å². The van der Waals surface area contributed by atoms with Gasteiger partial charge in [0.15, 0.2) is 5.65 Å². The van der Waals surface area contributed by atoms with Crippen molar-refractivity contribution in [1.29, 1.82) is 0 Å². The maximum Gasteiger partial charge on any atom is 0.321 e. The Morgan fingerprint density at radius 1 is 0.983 bits per heavy atom. The summed E-state index contributed by atoms with van der Waals surface area (Å²) in [6.07, 6.45) is 3.97. The van der Waals surface area contributed by atoms with Gasteiger partial charge in [-0.3, -0.25) is 14.9 Å². The predicted molar refractivity (Wildman–Crippen MR) is 239 cm³/mol. The fraction of sp³-hybridized carbons (Fsp3) is 0.362. The second kappa shape index (κ2) is 17.9. The minimum Gasteiger partial charge on any atom is -0.376 e. The molecule has 312 valence electrons. The number of nitrogens with zero attached hydrogens (tertiary/aromatic N) is 7. The zero-order valence-corrected chi connectivity index (χ0v) is 35.8. The molecule has 1 aliphatic rings. The lowest BCUT2D eigenvalue weighted by atomic mass is 9.97. The van der Waals surface area contributed by atoms with Gasteiger partial charge in [-0.15, -0.1) is 0 Å². The molecule has 4 heterocycles. The summed E-state index contributed by atoms with van der Waals surface area (Å²) in [5.74, 6) is 1.04. The van der Waals surface area contributed by atoms with Crippen molar-refractivity contribution in [3.05, 3.63) is 113 Å². The summed E-state index contributed by atoms with van der Waals surface area (Å²) >= 11 is 0. The smallest absolute Gasteiger partial charge is 0.321 e. The highest BCUT2D eigenvalue weighted by Gasteiger charge is 2.24. The van der Waals surface area contributed by atoms with E-state index >= 15 is 0 Å². The number of piperazine rings is 1. The van der Waals surface area contributed by atoms with Crippen LogP contribution in [0.25, 0.3) is 39.1 Å². The quantitative estimate of drug-likeness (QED) is 0.0925. The van der Waals surface area contributed by atoms with Gasteiger partial charge in [0.1, 0.15) is 12.0 Å². The van der Waals surface area contributed by atoms with Gasteiger partial charge in [0.2, 0.25) is 11.7 Å². The fourth-order valence-electron chi connectivity index (χ4n) is 7.85. The van der Waals surface area contributed by atoms with E-state index in [9.17, 15) is 9.59 Å². The van der Waals surface area contributed by atoms with Crippen LogP contribution in [0.2, 0.25) is 0 Å². The van der Waals surface area contributed by atoms with Crippen molar-refractivity contribution in [3.8, 4) is 22.4 Å². The molecular weight excluding hydrogens is 753 g/mol. The SMILES string of the molecule is C=C(N[C@H](C)c1ccc(-c2n[nH]c3ncc(-c4ccc(N5CCN(CCc6ccc(N(CCC=O)C(=O)NC)c(C)c6)CC5)cc4)cc23)cc1C)c1noc(C(C)(C)C)n1. The number of urea groups is 1. The molecule has 13 heteroatoms. The number of hydrogen-bond acceptors (Lipinski definition) is 10. The molecule has 2 amide bonds. The highest BCUT2D eigenvalue weighted by atomic mass is 16.5. The van der Waals surface area contributed by atoms with Crippen molar-refractivity contribution in [1.82, 2.24) is 40.9 Å². The first-order valence-electron chi connectivity index (χ1n) is 20.7. The number of aryl methyl sites for hydroxylation is 2. The molecule has 60 heavy (non-hydrogen) atoms. The van der Waals surface area contributed by atoms with Gasteiger partial charge in [-0.25, -0.2) is 9.78 Å². The van der Waals surface area contributed by atoms with Crippen LogP contribution in [-0.4, -0.2) is 88.9 Å². The molecule has 6 aromatic rings. The molecule has 0 unspecified atom stereocenters. The molecule has 0 spiro atoms. The second-order valence-electron chi connectivity index (χ2n) is 16.7. The monoisotopic (exact) mass is 808 g/mol. The van der Waals surface area contributed by atoms with E-state index in [1.807, 2.05) is 40.0 Å². The lowest BCUT2D eigenvalue weighted by molar-refractivity contribution is -0.107. The van der Waals surface area contributed by atoms with E-state index in [1.165, 1.54) is 11.3 Å². The molecule has 0 bridgehead atoms. The van der Waals surface area contributed by atoms with Gasteiger partial charge >= 0.3 is 6.03 Å². The summed E-state index contributed by atoms with van der Waals surface area (Å²) < 4.78 is 5.47. The number of aromatic nitrogens is 5. The van der Waals surface area contributed by atoms with Crippen molar-refractivity contribution in [3.63, 3.8) is 0 Å². The molecule has 1 fully saturated rings. The van der Waals surface area contributed by atoms with Gasteiger partial charge in [-0.2, -0.15) is 10.1 Å². The molecule has 7 rings (SSSR count). The molecule has 1 aliphatic heterocycles. The lowest BCUT2D eigenvalue weighted by Gasteiger charge is -2.36. The molecule has 1 saturated heterocycles. The average molecular weight is 809 g/mol. The Labute approximate surface area is 352 Å². The van der Waals surface area contributed by atoms with Crippen LogP contribution in [0.3, 0.4) is 0 Å². The number of aldehydes is 1. The van der Waals surface area contributed by atoms with Gasteiger partial charge in [0.05, 0.1) is 5.70 Å². The van der Waals surface area contributed by atoms with Gasteiger partial charge in [0.25, 0.3) is 0 Å². The summed E-state index contributed by atoms with van der Waals surface area (Å²) in [6, 6.07) is 23.4. The number of hydrogen-bond donors (Lipinski definition) is 3. The molecule has 0 saturated carbocycles. The van der Waals surface area contributed by atoms with Crippen LogP contribution in [0.1, 0.15) is 74.1 Å². The summed E-state index contributed by atoms with van der Waals surface area (Å²) in [5, 5.41) is 19.0. The number of amides is 2. The Kier molecular flexibility index (Phi) is 12.5. The van der Waals surface area contributed by atoms with Gasteiger partial charge in [-0.05, 0) is 85.3 Å². The van der Waals surface area contributed by atoms with E-state index in [4.69, 9.17) is 9.51 Å². The van der Waals surface area contributed by atoms with E-state index in [0.29, 0.717) is 30.4 Å². The van der Waals surface area contributed by atoms with Crippen molar-refractivity contribution in [2.24, 2.45) is 0 Å². The van der Waals surface area contributed by atoms with Gasteiger partial charge in [0, 0.05) is 98.3 Å². The molecule has 0 radical (unpaired) electrons. The first-order valence-corrected chi connectivity index (χ1v) is 20.7. The van der Waals surface area contributed by atoms with Crippen LogP contribution < -0.4 is 20.4 Å². The number of anilines is 2. The lowest BCUT2D eigenvalue weighted by Crippen LogP contribution is -2.47.